The second-order valence-corrected chi connectivity index (χ2v) is 3.70. The van der Waals surface area contributed by atoms with E-state index in [4.69, 9.17) is 4.74 Å². The first-order valence-electron chi connectivity index (χ1n) is 5.28. The van der Waals surface area contributed by atoms with Crippen LogP contribution in [0, 0.1) is 0 Å². The number of cyclic esters (lactones) is 2. The fourth-order valence-electron chi connectivity index (χ4n) is 1.59. The SMILES string of the molecule is COc1ccc(/C=C2\CCC(=O)OC2=O)cc1. The van der Waals surface area contributed by atoms with Crippen LogP contribution >= 0.6 is 0 Å². The van der Waals surface area contributed by atoms with Gasteiger partial charge in [0.2, 0.25) is 0 Å². The molecule has 0 spiro atoms. The summed E-state index contributed by atoms with van der Waals surface area (Å²) in [6, 6.07) is 7.31. The summed E-state index contributed by atoms with van der Waals surface area (Å²) >= 11 is 0. The quantitative estimate of drug-likeness (QED) is 0.444. The van der Waals surface area contributed by atoms with Gasteiger partial charge >= 0.3 is 11.9 Å². The average Bonchev–Trinajstić information content (AvgIpc) is 2.34. The number of esters is 2. The van der Waals surface area contributed by atoms with Gasteiger partial charge in [-0.05, 0) is 30.2 Å². The van der Waals surface area contributed by atoms with E-state index in [1.807, 2.05) is 24.3 Å². The lowest BCUT2D eigenvalue weighted by atomic mass is 10.0. The first-order chi connectivity index (χ1) is 8.19. The molecule has 17 heavy (non-hydrogen) atoms. The lowest BCUT2D eigenvalue weighted by Crippen LogP contribution is -2.20. The minimum Gasteiger partial charge on any atom is -0.497 e. The summed E-state index contributed by atoms with van der Waals surface area (Å²) in [6.45, 7) is 0. The third-order valence-electron chi connectivity index (χ3n) is 2.52. The van der Waals surface area contributed by atoms with Crippen LogP contribution in [-0.4, -0.2) is 19.0 Å². The summed E-state index contributed by atoms with van der Waals surface area (Å²) in [6.07, 6.45) is 2.42. The highest BCUT2D eigenvalue weighted by Crippen LogP contribution is 2.20. The lowest BCUT2D eigenvalue weighted by Gasteiger charge is -2.12. The summed E-state index contributed by atoms with van der Waals surface area (Å²) in [7, 11) is 1.59. The van der Waals surface area contributed by atoms with Crippen molar-refractivity contribution in [2.75, 3.05) is 7.11 Å². The van der Waals surface area contributed by atoms with Crippen LogP contribution in [0.3, 0.4) is 0 Å². The van der Waals surface area contributed by atoms with Gasteiger partial charge in [0.25, 0.3) is 0 Å². The van der Waals surface area contributed by atoms with E-state index in [9.17, 15) is 9.59 Å². The Kier molecular flexibility index (Phi) is 3.23. The Morgan fingerprint density at radius 3 is 2.47 bits per heavy atom. The van der Waals surface area contributed by atoms with Crippen LogP contribution in [-0.2, 0) is 14.3 Å². The van der Waals surface area contributed by atoms with Gasteiger partial charge in [-0.1, -0.05) is 12.1 Å². The number of carbonyl (C=O) groups excluding carboxylic acids is 2. The number of carbonyl (C=O) groups is 2. The van der Waals surface area contributed by atoms with Crippen molar-refractivity contribution in [3.63, 3.8) is 0 Å². The molecule has 0 aromatic heterocycles. The summed E-state index contributed by atoms with van der Waals surface area (Å²) in [5, 5.41) is 0. The second kappa shape index (κ2) is 4.82. The molecule has 0 saturated carbocycles. The van der Waals surface area contributed by atoms with E-state index < -0.39 is 11.9 Å². The number of hydrogen-bond donors (Lipinski definition) is 0. The van der Waals surface area contributed by atoms with E-state index >= 15 is 0 Å². The summed E-state index contributed by atoms with van der Waals surface area (Å²) in [5.41, 5.74) is 1.40. The van der Waals surface area contributed by atoms with Crippen molar-refractivity contribution < 1.29 is 19.1 Å². The van der Waals surface area contributed by atoms with E-state index in [-0.39, 0.29) is 6.42 Å². The maximum atomic E-state index is 11.4. The molecule has 4 nitrogen and oxygen atoms in total. The van der Waals surface area contributed by atoms with Crippen molar-refractivity contribution in [3.05, 3.63) is 35.4 Å². The summed E-state index contributed by atoms with van der Waals surface area (Å²) < 4.78 is 9.58. The Morgan fingerprint density at radius 2 is 1.88 bits per heavy atom. The Labute approximate surface area is 98.8 Å². The zero-order chi connectivity index (χ0) is 12.3. The minimum absolute atomic E-state index is 0.258. The molecule has 1 aromatic rings. The fraction of sp³-hybridized carbons (Fsp3) is 0.231. The van der Waals surface area contributed by atoms with Crippen LogP contribution in [0.25, 0.3) is 6.08 Å². The maximum absolute atomic E-state index is 11.4. The molecular weight excluding hydrogens is 220 g/mol. The average molecular weight is 232 g/mol. The molecule has 0 radical (unpaired) electrons. The van der Waals surface area contributed by atoms with Crippen molar-refractivity contribution in [3.8, 4) is 5.75 Å². The molecule has 0 amide bonds. The monoisotopic (exact) mass is 232 g/mol. The van der Waals surface area contributed by atoms with Crippen LogP contribution in [0.15, 0.2) is 29.8 Å². The van der Waals surface area contributed by atoms with Crippen molar-refractivity contribution in [1.29, 1.82) is 0 Å². The lowest BCUT2D eigenvalue weighted by molar-refractivity contribution is -0.159. The van der Waals surface area contributed by atoms with E-state index in [1.54, 1.807) is 13.2 Å². The van der Waals surface area contributed by atoms with Crippen LogP contribution in [0.5, 0.6) is 5.75 Å². The van der Waals surface area contributed by atoms with Gasteiger partial charge in [-0.15, -0.1) is 0 Å². The van der Waals surface area contributed by atoms with Gasteiger partial charge in [-0.3, -0.25) is 4.79 Å². The Morgan fingerprint density at radius 1 is 1.18 bits per heavy atom. The van der Waals surface area contributed by atoms with Gasteiger partial charge in [0.1, 0.15) is 5.75 Å². The van der Waals surface area contributed by atoms with Crippen LogP contribution in [0.4, 0.5) is 0 Å². The molecule has 1 aliphatic rings. The summed E-state index contributed by atoms with van der Waals surface area (Å²) in [4.78, 5) is 22.3. The van der Waals surface area contributed by atoms with Gasteiger partial charge < -0.3 is 9.47 Å². The predicted octanol–water partition coefficient (Wildman–Crippen LogP) is 1.94. The number of benzene rings is 1. The number of ether oxygens (including phenoxy) is 2. The Bertz CT molecular complexity index is 471. The molecule has 1 aromatic carbocycles. The van der Waals surface area contributed by atoms with Crippen molar-refractivity contribution in [1.82, 2.24) is 0 Å². The van der Waals surface area contributed by atoms with Gasteiger partial charge in [-0.25, -0.2) is 4.79 Å². The smallest absolute Gasteiger partial charge is 0.341 e. The molecule has 4 heteroatoms. The first-order valence-corrected chi connectivity index (χ1v) is 5.28. The van der Waals surface area contributed by atoms with E-state index in [0.717, 1.165) is 11.3 Å². The largest absolute Gasteiger partial charge is 0.497 e. The molecule has 0 atom stereocenters. The molecule has 1 heterocycles. The zero-order valence-electron chi connectivity index (χ0n) is 9.43. The van der Waals surface area contributed by atoms with Gasteiger partial charge in [-0.2, -0.15) is 0 Å². The highest BCUT2D eigenvalue weighted by Gasteiger charge is 2.22. The van der Waals surface area contributed by atoms with Crippen molar-refractivity contribution in [2.24, 2.45) is 0 Å². The van der Waals surface area contributed by atoms with Gasteiger partial charge in [0.05, 0.1) is 13.5 Å². The topological polar surface area (TPSA) is 52.6 Å². The van der Waals surface area contributed by atoms with Crippen LogP contribution in [0.2, 0.25) is 0 Å². The van der Waals surface area contributed by atoms with Crippen molar-refractivity contribution >= 4 is 18.0 Å². The predicted molar refractivity (Wildman–Crippen MR) is 61.3 cm³/mol. The maximum Gasteiger partial charge on any atom is 0.341 e. The molecule has 1 fully saturated rings. The Balaban J connectivity index is 2.17. The third kappa shape index (κ3) is 2.72. The Hall–Kier alpha value is -2.10. The van der Waals surface area contributed by atoms with E-state index in [2.05, 4.69) is 4.74 Å². The van der Waals surface area contributed by atoms with Crippen LogP contribution in [0.1, 0.15) is 18.4 Å². The summed E-state index contributed by atoms with van der Waals surface area (Å²) in [5.74, 6) is -0.243. The third-order valence-corrected chi connectivity index (χ3v) is 2.52. The highest BCUT2D eigenvalue weighted by molar-refractivity contribution is 6.02. The van der Waals surface area contributed by atoms with Gasteiger partial charge in [0.15, 0.2) is 0 Å². The molecular formula is C13H12O4. The number of methoxy groups -OCH3 is 1. The first kappa shape index (κ1) is 11.4. The number of hydrogen-bond acceptors (Lipinski definition) is 4. The molecule has 0 aliphatic carbocycles. The normalized spacial score (nSPS) is 18.1. The van der Waals surface area contributed by atoms with E-state index in [0.29, 0.717) is 12.0 Å². The van der Waals surface area contributed by atoms with E-state index in [1.165, 1.54) is 0 Å². The highest BCUT2D eigenvalue weighted by atomic mass is 16.6. The molecule has 88 valence electrons. The fourth-order valence-corrected chi connectivity index (χ4v) is 1.59. The molecule has 0 N–H and O–H groups in total. The molecule has 0 unspecified atom stereocenters. The number of rotatable bonds is 2. The minimum atomic E-state index is -0.544. The second-order valence-electron chi connectivity index (χ2n) is 3.70. The standard InChI is InChI=1S/C13H12O4/c1-16-11-5-2-9(3-6-11)8-10-4-7-12(14)17-13(10)15/h2-3,5-6,8H,4,7H2,1H3/b10-8+. The molecule has 1 saturated heterocycles. The molecule has 1 aliphatic heterocycles. The molecule has 2 rings (SSSR count). The van der Waals surface area contributed by atoms with Crippen molar-refractivity contribution in [2.45, 2.75) is 12.8 Å². The zero-order valence-corrected chi connectivity index (χ0v) is 9.43. The van der Waals surface area contributed by atoms with Gasteiger partial charge in [0, 0.05) is 5.57 Å². The molecule has 0 bridgehead atoms. The van der Waals surface area contributed by atoms with Crippen LogP contribution < -0.4 is 4.74 Å².